The van der Waals surface area contributed by atoms with Crippen molar-refractivity contribution in [3.05, 3.63) is 65.2 Å². The summed E-state index contributed by atoms with van der Waals surface area (Å²) in [6.07, 6.45) is 0. The minimum Gasteiger partial charge on any atom is -0.378 e. The second kappa shape index (κ2) is 7.97. The molecule has 0 unspecified atom stereocenters. The minimum atomic E-state index is -0.0221. The number of benzene rings is 2. The van der Waals surface area contributed by atoms with Crippen molar-refractivity contribution in [2.24, 2.45) is 0 Å². The summed E-state index contributed by atoms with van der Waals surface area (Å²) in [5.41, 5.74) is 4.26. The topological polar surface area (TPSA) is 36.8 Å². The van der Waals surface area contributed by atoms with Crippen molar-refractivity contribution in [2.75, 3.05) is 39.6 Å². The van der Waals surface area contributed by atoms with Crippen molar-refractivity contribution in [3.8, 4) is 0 Å². The maximum atomic E-state index is 12.3. The van der Waals surface area contributed by atoms with E-state index in [2.05, 4.69) is 48.6 Å². The van der Waals surface area contributed by atoms with E-state index >= 15 is 0 Å². The summed E-state index contributed by atoms with van der Waals surface area (Å²) in [7, 11) is 8.29. The first kappa shape index (κ1) is 18.0. The highest BCUT2D eigenvalue weighted by molar-refractivity contribution is 5.94. The summed E-state index contributed by atoms with van der Waals surface area (Å²) in [6.45, 7) is 2.63. The maximum Gasteiger partial charge on any atom is 0.251 e. The van der Waals surface area contributed by atoms with Gasteiger partial charge in [0.2, 0.25) is 0 Å². The molecule has 0 aliphatic rings. The molecule has 2 N–H and O–H groups in total. The van der Waals surface area contributed by atoms with E-state index in [-0.39, 0.29) is 11.9 Å². The standard InChI is InChI=1S/C20H27N3O/c1-15-6-8-17(9-7-15)20(24)21-14-19(23(4)5)16-10-12-18(13-11-16)22(2)3/h6-13,19H,14H2,1-5H3,(H,21,24)/p+1/t19-/m1/s1. The predicted octanol–water partition coefficient (Wildman–Crippen LogP) is 1.68. The third-order valence-corrected chi connectivity index (χ3v) is 4.29. The Hall–Kier alpha value is -2.33. The van der Waals surface area contributed by atoms with Gasteiger partial charge in [-0.3, -0.25) is 4.79 Å². The molecule has 2 rings (SSSR count). The van der Waals surface area contributed by atoms with Gasteiger partial charge >= 0.3 is 0 Å². The number of nitrogens with zero attached hydrogens (tertiary/aromatic N) is 1. The van der Waals surface area contributed by atoms with E-state index in [0.717, 1.165) is 5.56 Å². The summed E-state index contributed by atoms with van der Waals surface area (Å²) in [5, 5.41) is 3.07. The Morgan fingerprint density at radius 1 is 1.04 bits per heavy atom. The molecule has 0 saturated carbocycles. The van der Waals surface area contributed by atoms with Crippen LogP contribution in [0.1, 0.15) is 27.5 Å². The average molecular weight is 326 g/mol. The first-order valence-electron chi connectivity index (χ1n) is 8.30. The van der Waals surface area contributed by atoms with Crippen molar-refractivity contribution in [3.63, 3.8) is 0 Å². The van der Waals surface area contributed by atoms with Crippen molar-refractivity contribution in [1.29, 1.82) is 0 Å². The van der Waals surface area contributed by atoms with Crippen LogP contribution in [-0.4, -0.2) is 40.6 Å². The summed E-state index contributed by atoms with van der Waals surface area (Å²) >= 11 is 0. The Bertz CT molecular complexity index is 660. The van der Waals surface area contributed by atoms with Gasteiger partial charge in [-0.2, -0.15) is 0 Å². The molecular formula is C20H28N3O+. The van der Waals surface area contributed by atoms with Crippen LogP contribution in [0.3, 0.4) is 0 Å². The lowest BCUT2D eigenvalue weighted by Crippen LogP contribution is -3.07. The highest BCUT2D eigenvalue weighted by Crippen LogP contribution is 2.16. The van der Waals surface area contributed by atoms with Crippen LogP contribution in [0.5, 0.6) is 0 Å². The maximum absolute atomic E-state index is 12.3. The summed E-state index contributed by atoms with van der Waals surface area (Å²) in [6, 6.07) is 16.4. The van der Waals surface area contributed by atoms with Crippen LogP contribution in [0.25, 0.3) is 0 Å². The number of anilines is 1. The second-order valence-electron chi connectivity index (χ2n) is 6.69. The molecule has 128 valence electrons. The minimum absolute atomic E-state index is 0.0221. The zero-order chi connectivity index (χ0) is 17.7. The van der Waals surface area contributed by atoms with Gasteiger partial charge in [-0.25, -0.2) is 0 Å². The molecule has 0 bridgehead atoms. The molecule has 0 fully saturated rings. The Labute approximate surface area is 145 Å². The molecule has 4 nitrogen and oxygen atoms in total. The number of likely N-dealkylation sites (N-methyl/N-ethyl adjacent to an activating group) is 1. The molecule has 24 heavy (non-hydrogen) atoms. The SMILES string of the molecule is Cc1ccc(C(=O)NC[C@H](c2ccc(N(C)C)cc2)[NH+](C)C)cc1. The van der Waals surface area contributed by atoms with Crippen molar-refractivity contribution in [1.82, 2.24) is 5.32 Å². The van der Waals surface area contributed by atoms with Crippen molar-refractivity contribution < 1.29 is 9.69 Å². The van der Waals surface area contributed by atoms with Crippen molar-refractivity contribution in [2.45, 2.75) is 13.0 Å². The molecule has 1 atom stereocenters. The van der Waals surface area contributed by atoms with Crippen LogP contribution >= 0.6 is 0 Å². The molecule has 4 heteroatoms. The Kier molecular flexibility index (Phi) is 5.99. The van der Waals surface area contributed by atoms with Crippen LogP contribution in [0.4, 0.5) is 5.69 Å². The monoisotopic (exact) mass is 326 g/mol. The van der Waals surface area contributed by atoms with E-state index in [1.54, 1.807) is 0 Å². The number of nitrogens with one attached hydrogen (secondary N) is 2. The van der Waals surface area contributed by atoms with Crippen LogP contribution < -0.4 is 15.1 Å². The van der Waals surface area contributed by atoms with Gasteiger partial charge in [-0.05, 0) is 31.2 Å². The van der Waals surface area contributed by atoms with Crippen LogP contribution in [-0.2, 0) is 0 Å². The lowest BCUT2D eigenvalue weighted by molar-refractivity contribution is -0.890. The third kappa shape index (κ3) is 4.59. The third-order valence-electron chi connectivity index (χ3n) is 4.29. The zero-order valence-electron chi connectivity index (χ0n) is 15.3. The van der Waals surface area contributed by atoms with E-state index < -0.39 is 0 Å². The van der Waals surface area contributed by atoms with Gasteiger partial charge in [0.05, 0.1) is 20.6 Å². The molecule has 0 radical (unpaired) electrons. The number of aryl methyl sites for hydroxylation is 1. The number of hydrogen-bond donors (Lipinski definition) is 2. The highest BCUT2D eigenvalue weighted by atomic mass is 16.1. The van der Waals surface area contributed by atoms with E-state index in [4.69, 9.17) is 0 Å². The van der Waals surface area contributed by atoms with Gasteiger partial charge in [0.25, 0.3) is 5.91 Å². The predicted molar refractivity (Wildman–Crippen MR) is 99.8 cm³/mol. The molecule has 0 aliphatic carbocycles. The van der Waals surface area contributed by atoms with Gasteiger partial charge in [-0.15, -0.1) is 0 Å². The van der Waals surface area contributed by atoms with Crippen molar-refractivity contribution >= 4 is 11.6 Å². The molecule has 1 amide bonds. The summed E-state index contributed by atoms with van der Waals surface area (Å²) < 4.78 is 0. The highest BCUT2D eigenvalue weighted by Gasteiger charge is 2.19. The Balaban J connectivity index is 2.05. The average Bonchev–Trinajstić information content (AvgIpc) is 2.55. The van der Waals surface area contributed by atoms with Gasteiger partial charge in [-0.1, -0.05) is 29.8 Å². The fourth-order valence-electron chi connectivity index (χ4n) is 2.66. The first-order chi connectivity index (χ1) is 11.4. The molecule has 2 aromatic rings. The normalized spacial score (nSPS) is 12.1. The lowest BCUT2D eigenvalue weighted by Gasteiger charge is -2.23. The quantitative estimate of drug-likeness (QED) is 0.847. The fraction of sp³-hybridized carbons (Fsp3) is 0.350. The molecule has 0 saturated heterocycles. The Morgan fingerprint density at radius 3 is 2.12 bits per heavy atom. The van der Waals surface area contributed by atoms with Gasteiger partial charge < -0.3 is 15.1 Å². The smallest absolute Gasteiger partial charge is 0.251 e. The van der Waals surface area contributed by atoms with Gasteiger partial charge in [0, 0.05) is 30.9 Å². The number of quaternary nitrogens is 1. The van der Waals surface area contributed by atoms with Gasteiger partial charge in [0.15, 0.2) is 0 Å². The zero-order valence-corrected chi connectivity index (χ0v) is 15.3. The number of amides is 1. The van der Waals surface area contributed by atoms with Crippen LogP contribution in [0.15, 0.2) is 48.5 Å². The Morgan fingerprint density at radius 2 is 1.62 bits per heavy atom. The van der Waals surface area contributed by atoms with E-state index in [1.807, 2.05) is 45.3 Å². The van der Waals surface area contributed by atoms with E-state index in [0.29, 0.717) is 12.1 Å². The second-order valence-corrected chi connectivity index (χ2v) is 6.69. The largest absolute Gasteiger partial charge is 0.378 e. The molecule has 2 aromatic carbocycles. The summed E-state index contributed by atoms with van der Waals surface area (Å²) in [5.74, 6) is -0.0221. The van der Waals surface area contributed by atoms with Crippen LogP contribution in [0.2, 0.25) is 0 Å². The van der Waals surface area contributed by atoms with Crippen LogP contribution in [0, 0.1) is 6.92 Å². The number of carbonyl (C=O) groups excluding carboxylic acids is 1. The fourth-order valence-corrected chi connectivity index (χ4v) is 2.66. The lowest BCUT2D eigenvalue weighted by atomic mass is 10.0. The van der Waals surface area contributed by atoms with E-state index in [9.17, 15) is 4.79 Å². The molecule has 0 spiro atoms. The molecule has 0 aliphatic heterocycles. The molecule has 0 aromatic heterocycles. The van der Waals surface area contributed by atoms with E-state index in [1.165, 1.54) is 16.2 Å². The van der Waals surface area contributed by atoms with Gasteiger partial charge in [0.1, 0.15) is 6.04 Å². The molecular weight excluding hydrogens is 298 g/mol. The number of hydrogen-bond acceptors (Lipinski definition) is 2. The summed E-state index contributed by atoms with van der Waals surface area (Å²) in [4.78, 5) is 15.7. The first-order valence-corrected chi connectivity index (χ1v) is 8.30. The number of rotatable bonds is 6. The molecule has 0 heterocycles. The number of carbonyl (C=O) groups is 1.